The highest BCUT2D eigenvalue weighted by Gasteiger charge is 2.17. The first-order valence-corrected chi connectivity index (χ1v) is 2.89. The maximum absolute atomic E-state index is 9.15. The van der Waals surface area contributed by atoms with E-state index in [9.17, 15) is 0 Å². The first-order valence-electron chi connectivity index (χ1n) is 2.89. The summed E-state index contributed by atoms with van der Waals surface area (Å²) in [5.41, 5.74) is 0. The fraction of sp³-hybridized carbons (Fsp3) is 1.00. The van der Waals surface area contributed by atoms with E-state index in [1.54, 1.807) is 14.0 Å². The first kappa shape index (κ1) is 8.88. The summed E-state index contributed by atoms with van der Waals surface area (Å²) in [4.78, 5) is 0. The SMILES string of the molecule is COCCC(C)(O)OC. The molecule has 0 aromatic heterocycles. The van der Waals surface area contributed by atoms with Crippen molar-refractivity contribution in [3.8, 4) is 0 Å². The van der Waals surface area contributed by atoms with E-state index in [4.69, 9.17) is 14.6 Å². The van der Waals surface area contributed by atoms with Crippen molar-refractivity contribution in [2.75, 3.05) is 20.8 Å². The molecule has 0 saturated carbocycles. The summed E-state index contributed by atoms with van der Waals surface area (Å²) in [6, 6.07) is 0. The van der Waals surface area contributed by atoms with Crippen LogP contribution in [0, 0.1) is 0 Å². The van der Waals surface area contributed by atoms with Crippen LogP contribution in [0.25, 0.3) is 0 Å². The highest BCUT2D eigenvalue weighted by atomic mass is 16.6. The summed E-state index contributed by atoms with van der Waals surface area (Å²) >= 11 is 0. The Bertz CT molecular complexity index is 70.7. The number of hydrogen-bond donors (Lipinski definition) is 1. The monoisotopic (exact) mass is 134 g/mol. The quantitative estimate of drug-likeness (QED) is 0.565. The van der Waals surface area contributed by atoms with Gasteiger partial charge in [0, 0.05) is 20.6 Å². The minimum absolute atomic E-state index is 0.500. The molecule has 0 bridgehead atoms. The van der Waals surface area contributed by atoms with Gasteiger partial charge in [-0.25, -0.2) is 0 Å². The van der Waals surface area contributed by atoms with Gasteiger partial charge in [0.05, 0.1) is 6.61 Å². The molecule has 3 nitrogen and oxygen atoms in total. The molecule has 1 N–H and O–H groups in total. The molecule has 56 valence electrons. The topological polar surface area (TPSA) is 38.7 Å². The lowest BCUT2D eigenvalue weighted by Gasteiger charge is -2.20. The summed E-state index contributed by atoms with van der Waals surface area (Å²) in [7, 11) is 3.06. The van der Waals surface area contributed by atoms with Crippen molar-refractivity contribution in [1.82, 2.24) is 0 Å². The smallest absolute Gasteiger partial charge is 0.164 e. The highest BCUT2D eigenvalue weighted by molar-refractivity contribution is 4.56. The van der Waals surface area contributed by atoms with Crippen LogP contribution >= 0.6 is 0 Å². The van der Waals surface area contributed by atoms with Crippen LogP contribution in [0.1, 0.15) is 13.3 Å². The molecule has 0 aromatic rings. The van der Waals surface area contributed by atoms with Gasteiger partial charge in [0.1, 0.15) is 0 Å². The van der Waals surface area contributed by atoms with E-state index >= 15 is 0 Å². The predicted molar refractivity (Wildman–Crippen MR) is 34.1 cm³/mol. The van der Waals surface area contributed by atoms with Crippen LogP contribution in [0.4, 0.5) is 0 Å². The maximum Gasteiger partial charge on any atom is 0.164 e. The van der Waals surface area contributed by atoms with Gasteiger partial charge >= 0.3 is 0 Å². The Kier molecular flexibility index (Phi) is 3.77. The Balaban J connectivity index is 3.33. The lowest BCUT2D eigenvalue weighted by Crippen LogP contribution is -2.27. The molecule has 3 heteroatoms. The minimum Gasteiger partial charge on any atom is -0.384 e. The average Bonchev–Trinajstić information content (AvgIpc) is 1.84. The van der Waals surface area contributed by atoms with Crippen LogP contribution < -0.4 is 0 Å². The van der Waals surface area contributed by atoms with Crippen molar-refractivity contribution >= 4 is 0 Å². The van der Waals surface area contributed by atoms with Gasteiger partial charge in [-0.05, 0) is 6.92 Å². The van der Waals surface area contributed by atoms with E-state index in [1.807, 2.05) is 0 Å². The minimum atomic E-state index is -1.03. The van der Waals surface area contributed by atoms with Gasteiger partial charge in [-0.1, -0.05) is 0 Å². The number of aliphatic hydroxyl groups is 1. The van der Waals surface area contributed by atoms with E-state index in [-0.39, 0.29) is 0 Å². The predicted octanol–water partition coefficient (Wildman–Crippen LogP) is 0.378. The zero-order valence-corrected chi connectivity index (χ0v) is 6.18. The van der Waals surface area contributed by atoms with E-state index < -0.39 is 5.79 Å². The molecule has 0 aromatic carbocycles. The van der Waals surface area contributed by atoms with Gasteiger partial charge in [0.15, 0.2) is 5.79 Å². The van der Waals surface area contributed by atoms with Crippen LogP contribution in [0.5, 0.6) is 0 Å². The maximum atomic E-state index is 9.15. The molecule has 0 aliphatic heterocycles. The van der Waals surface area contributed by atoms with Crippen LogP contribution in [-0.2, 0) is 9.47 Å². The molecule has 0 aliphatic rings. The second-order valence-corrected chi connectivity index (χ2v) is 2.12. The van der Waals surface area contributed by atoms with Crippen molar-refractivity contribution in [3.63, 3.8) is 0 Å². The zero-order valence-electron chi connectivity index (χ0n) is 6.18. The molecule has 1 unspecified atom stereocenters. The lowest BCUT2D eigenvalue weighted by molar-refractivity contribution is -0.180. The Morgan fingerprint density at radius 2 is 2.00 bits per heavy atom. The fourth-order valence-electron chi connectivity index (χ4n) is 0.393. The van der Waals surface area contributed by atoms with Crippen molar-refractivity contribution < 1.29 is 14.6 Å². The molecule has 1 atom stereocenters. The third kappa shape index (κ3) is 4.39. The Morgan fingerprint density at radius 3 is 2.33 bits per heavy atom. The largest absolute Gasteiger partial charge is 0.384 e. The summed E-state index contributed by atoms with van der Waals surface area (Å²) in [5.74, 6) is -1.03. The van der Waals surface area contributed by atoms with E-state index in [2.05, 4.69) is 0 Å². The third-order valence-corrected chi connectivity index (χ3v) is 1.21. The normalized spacial score (nSPS) is 17.3. The summed E-state index contributed by atoms with van der Waals surface area (Å²) < 4.78 is 9.45. The summed E-state index contributed by atoms with van der Waals surface area (Å²) in [6.07, 6.45) is 0.500. The van der Waals surface area contributed by atoms with Crippen LogP contribution in [-0.4, -0.2) is 31.7 Å². The molecule has 0 aliphatic carbocycles. The molecule has 0 radical (unpaired) electrons. The molecule has 0 spiro atoms. The van der Waals surface area contributed by atoms with Gasteiger partial charge in [-0.15, -0.1) is 0 Å². The molecule has 0 rings (SSSR count). The molecular formula is C6H14O3. The molecule has 0 amide bonds. The molecular weight excluding hydrogens is 120 g/mol. The Labute approximate surface area is 55.6 Å². The molecule has 0 saturated heterocycles. The van der Waals surface area contributed by atoms with Crippen molar-refractivity contribution in [3.05, 3.63) is 0 Å². The highest BCUT2D eigenvalue weighted by Crippen LogP contribution is 2.08. The van der Waals surface area contributed by atoms with Gasteiger partial charge < -0.3 is 14.6 Å². The Hall–Kier alpha value is -0.120. The Morgan fingerprint density at radius 1 is 1.44 bits per heavy atom. The van der Waals surface area contributed by atoms with Gasteiger partial charge in [0.25, 0.3) is 0 Å². The van der Waals surface area contributed by atoms with Crippen LogP contribution in [0.2, 0.25) is 0 Å². The van der Waals surface area contributed by atoms with Crippen molar-refractivity contribution in [2.45, 2.75) is 19.1 Å². The fourth-order valence-corrected chi connectivity index (χ4v) is 0.393. The van der Waals surface area contributed by atoms with E-state index in [0.29, 0.717) is 13.0 Å². The molecule has 0 heterocycles. The van der Waals surface area contributed by atoms with E-state index in [1.165, 1.54) is 7.11 Å². The second-order valence-electron chi connectivity index (χ2n) is 2.12. The third-order valence-electron chi connectivity index (χ3n) is 1.21. The average molecular weight is 134 g/mol. The zero-order chi connectivity index (χ0) is 7.33. The van der Waals surface area contributed by atoms with Gasteiger partial charge in [-0.3, -0.25) is 0 Å². The van der Waals surface area contributed by atoms with Gasteiger partial charge in [-0.2, -0.15) is 0 Å². The summed E-state index contributed by atoms with van der Waals surface area (Å²) in [6.45, 7) is 2.12. The van der Waals surface area contributed by atoms with Crippen molar-refractivity contribution in [1.29, 1.82) is 0 Å². The standard InChI is InChI=1S/C6H14O3/c1-6(7,9-3)4-5-8-2/h7H,4-5H2,1-3H3. The first-order chi connectivity index (χ1) is 4.12. The number of ether oxygens (including phenoxy) is 2. The van der Waals surface area contributed by atoms with Crippen LogP contribution in [0.15, 0.2) is 0 Å². The second kappa shape index (κ2) is 3.82. The summed E-state index contributed by atoms with van der Waals surface area (Å²) in [5, 5.41) is 9.15. The van der Waals surface area contributed by atoms with E-state index in [0.717, 1.165) is 0 Å². The molecule has 9 heavy (non-hydrogen) atoms. The molecule has 0 fully saturated rings. The number of rotatable bonds is 4. The lowest BCUT2D eigenvalue weighted by atomic mass is 10.2. The number of hydrogen-bond acceptors (Lipinski definition) is 3. The van der Waals surface area contributed by atoms with Gasteiger partial charge in [0.2, 0.25) is 0 Å². The number of methoxy groups -OCH3 is 2. The van der Waals surface area contributed by atoms with Crippen LogP contribution in [0.3, 0.4) is 0 Å². The van der Waals surface area contributed by atoms with Crippen molar-refractivity contribution in [2.24, 2.45) is 0 Å².